The average Bonchev–Trinajstić information content (AvgIpc) is 3.16. The number of sulfone groups is 1. The van der Waals surface area contributed by atoms with E-state index in [4.69, 9.17) is 11.6 Å². The van der Waals surface area contributed by atoms with Gasteiger partial charge in [-0.2, -0.15) is 0 Å². The van der Waals surface area contributed by atoms with Crippen LogP contribution in [-0.2, 0) is 9.84 Å². The molecule has 0 atom stereocenters. The molecular weight excluding hydrogens is 473 g/mol. The number of anilines is 2. The number of ether oxygens (including phenoxy) is 1. The van der Waals surface area contributed by atoms with Crippen molar-refractivity contribution in [1.29, 1.82) is 0 Å². The Morgan fingerprint density at radius 2 is 1.72 bits per heavy atom. The minimum atomic E-state index is -4.97. The fraction of sp³-hybridized carbons (Fsp3) is 0.350. The molecular formula is C20H20ClF3N2O5S. The van der Waals surface area contributed by atoms with Crippen LogP contribution in [0.25, 0.3) is 0 Å². The number of carbonyl (C=O) groups excluding carboxylic acids is 1. The molecule has 174 valence electrons. The van der Waals surface area contributed by atoms with E-state index in [-0.39, 0.29) is 28.1 Å². The first kappa shape index (κ1) is 24.0. The summed E-state index contributed by atoms with van der Waals surface area (Å²) in [4.78, 5) is 11.8. The van der Waals surface area contributed by atoms with Crippen LogP contribution < -0.4 is 15.4 Å². The predicted molar refractivity (Wildman–Crippen MR) is 113 cm³/mol. The highest BCUT2D eigenvalue weighted by Crippen LogP contribution is 2.39. The van der Waals surface area contributed by atoms with Gasteiger partial charge in [-0.25, -0.2) is 13.2 Å². The van der Waals surface area contributed by atoms with E-state index in [1.807, 2.05) is 0 Å². The smallest absolute Gasteiger partial charge is 0.504 e. The van der Waals surface area contributed by atoms with Crippen LogP contribution in [0.15, 0.2) is 41.3 Å². The molecule has 0 radical (unpaired) electrons. The van der Waals surface area contributed by atoms with Crippen molar-refractivity contribution in [3.63, 3.8) is 0 Å². The van der Waals surface area contributed by atoms with Gasteiger partial charge < -0.3 is 20.5 Å². The fourth-order valence-electron chi connectivity index (χ4n) is 3.57. The lowest BCUT2D eigenvalue weighted by molar-refractivity contribution is -0.274. The molecule has 0 unspecified atom stereocenters. The van der Waals surface area contributed by atoms with E-state index in [0.717, 1.165) is 31.7 Å². The summed E-state index contributed by atoms with van der Waals surface area (Å²) in [5, 5.41) is 14.7. The van der Waals surface area contributed by atoms with E-state index in [0.29, 0.717) is 0 Å². The maximum absolute atomic E-state index is 12.8. The standard InChI is InChI=1S/C20H20ClF3N2O5S/c21-13-9-10-15(17(27)18(13)32(29,30)11-12-5-1-2-6-12)26-19(28)25-14-7-3-4-8-16(14)31-20(22,23)24/h3-4,7-10,12,27H,1-2,5-6,11H2,(H2,25,26,28). The maximum Gasteiger partial charge on any atom is 0.573 e. The number of phenolic OH excluding ortho intramolecular Hbond substituents is 1. The monoisotopic (exact) mass is 492 g/mol. The average molecular weight is 493 g/mol. The molecule has 0 aliphatic heterocycles. The molecule has 1 saturated carbocycles. The lowest BCUT2D eigenvalue weighted by Crippen LogP contribution is -2.22. The Balaban J connectivity index is 1.80. The third kappa shape index (κ3) is 5.98. The van der Waals surface area contributed by atoms with Crippen molar-refractivity contribution < 1.29 is 36.2 Å². The normalized spacial score (nSPS) is 14.9. The van der Waals surface area contributed by atoms with E-state index in [9.17, 15) is 31.5 Å². The van der Waals surface area contributed by atoms with Gasteiger partial charge in [-0.15, -0.1) is 13.2 Å². The molecule has 7 nitrogen and oxygen atoms in total. The number of para-hydroxylation sites is 2. The van der Waals surface area contributed by atoms with Crippen molar-refractivity contribution in [2.75, 3.05) is 16.4 Å². The van der Waals surface area contributed by atoms with Crippen LogP contribution in [0.4, 0.5) is 29.3 Å². The van der Waals surface area contributed by atoms with E-state index in [2.05, 4.69) is 15.4 Å². The Labute approximate surface area is 187 Å². The van der Waals surface area contributed by atoms with Crippen LogP contribution in [0.1, 0.15) is 25.7 Å². The van der Waals surface area contributed by atoms with E-state index in [1.165, 1.54) is 30.3 Å². The number of rotatable bonds is 6. The SMILES string of the molecule is O=C(Nc1ccccc1OC(F)(F)F)Nc1ccc(Cl)c(S(=O)(=O)CC2CCCC2)c1O. The highest BCUT2D eigenvalue weighted by Gasteiger charge is 2.32. The van der Waals surface area contributed by atoms with Crippen molar-refractivity contribution in [3.8, 4) is 11.5 Å². The number of hydrogen-bond donors (Lipinski definition) is 3. The molecule has 2 aromatic carbocycles. The molecule has 1 fully saturated rings. The van der Waals surface area contributed by atoms with Crippen molar-refractivity contribution >= 4 is 38.8 Å². The largest absolute Gasteiger partial charge is 0.573 e. The molecule has 1 aliphatic rings. The van der Waals surface area contributed by atoms with Gasteiger partial charge >= 0.3 is 12.4 Å². The number of hydrogen-bond acceptors (Lipinski definition) is 5. The predicted octanol–water partition coefficient (Wildman–Crippen LogP) is 5.55. The topological polar surface area (TPSA) is 105 Å². The van der Waals surface area contributed by atoms with Gasteiger partial charge in [0.05, 0.1) is 22.2 Å². The highest BCUT2D eigenvalue weighted by atomic mass is 35.5. The van der Waals surface area contributed by atoms with E-state index >= 15 is 0 Å². The van der Waals surface area contributed by atoms with Gasteiger partial charge in [0.25, 0.3) is 0 Å². The van der Waals surface area contributed by atoms with Crippen LogP contribution in [0, 0.1) is 5.92 Å². The number of alkyl halides is 3. The molecule has 32 heavy (non-hydrogen) atoms. The molecule has 3 N–H and O–H groups in total. The molecule has 0 heterocycles. The van der Waals surface area contributed by atoms with Gasteiger partial charge in [0.2, 0.25) is 0 Å². The number of amides is 2. The zero-order chi connectivity index (χ0) is 23.5. The van der Waals surface area contributed by atoms with Crippen molar-refractivity contribution in [2.45, 2.75) is 36.9 Å². The maximum atomic E-state index is 12.8. The van der Waals surface area contributed by atoms with Crippen LogP contribution in [0.5, 0.6) is 11.5 Å². The summed E-state index contributed by atoms with van der Waals surface area (Å²) < 4.78 is 67.2. The number of urea groups is 1. The summed E-state index contributed by atoms with van der Waals surface area (Å²) in [6.45, 7) is 0. The molecule has 0 bridgehead atoms. The number of nitrogens with one attached hydrogen (secondary N) is 2. The van der Waals surface area contributed by atoms with Crippen LogP contribution in [0.2, 0.25) is 5.02 Å². The Bertz CT molecular complexity index is 1100. The Morgan fingerprint density at radius 3 is 2.38 bits per heavy atom. The number of benzene rings is 2. The minimum absolute atomic E-state index is 0.0412. The second-order valence-electron chi connectivity index (χ2n) is 7.33. The van der Waals surface area contributed by atoms with E-state index in [1.54, 1.807) is 0 Å². The summed E-state index contributed by atoms with van der Waals surface area (Å²) in [5.41, 5.74) is -0.559. The summed E-state index contributed by atoms with van der Waals surface area (Å²) in [7, 11) is -3.95. The second kappa shape index (κ2) is 9.45. The lowest BCUT2D eigenvalue weighted by Gasteiger charge is -2.16. The van der Waals surface area contributed by atoms with Gasteiger partial charge in [-0.05, 0) is 43.0 Å². The van der Waals surface area contributed by atoms with Gasteiger partial charge in [0, 0.05) is 0 Å². The highest BCUT2D eigenvalue weighted by molar-refractivity contribution is 7.91. The number of phenols is 1. The first-order chi connectivity index (χ1) is 15.0. The zero-order valence-corrected chi connectivity index (χ0v) is 18.1. The van der Waals surface area contributed by atoms with Crippen molar-refractivity contribution in [3.05, 3.63) is 41.4 Å². The Kier molecular flexibility index (Phi) is 7.09. The Hall–Kier alpha value is -2.66. The molecule has 2 amide bonds. The van der Waals surface area contributed by atoms with Gasteiger partial charge in [0.15, 0.2) is 21.3 Å². The Morgan fingerprint density at radius 1 is 1.09 bits per heavy atom. The van der Waals surface area contributed by atoms with Gasteiger partial charge in [-0.1, -0.05) is 36.6 Å². The summed E-state index contributed by atoms with van der Waals surface area (Å²) in [6.07, 6.45) is -1.58. The summed E-state index contributed by atoms with van der Waals surface area (Å²) in [5.74, 6) is -1.61. The molecule has 12 heteroatoms. The van der Waals surface area contributed by atoms with Crippen LogP contribution in [0.3, 0.4) is 0 Å². The first-order valence-electron chi connectivity index (χ1n) is 9.63. The minimum Gasteiger partial charge on any atom is -0.504 e. The molecule has 0 saturated heterocycles. The van der Waals surface area contributed by atoms with Gasteiger partial charge in [-0.3, -0.25) is 0 Å². The molecule has 1 aliphatic carbocycles. The van der Waals surface area contributed by atoms with Crippen molar-refractivity contribution in [2.24, 2.45) is 5.92 Å². The summed E-state index contributed by atoms with van der Waals surface area (Å²) >= 11 is 6.03. The molecule has 3 rings (SSSR count). The van der Waals surface area contributed by atoms with Gasteiger partial charge in [0.1, 0.15) is 4.90 Å². The number of aromatic hydroxyl groups is 1. The molecule has 2 aromatic rings. The lowest BCUT2D eigenvalue weighted by atomic mass is 10.1. The molecule has 0 spiro atoms. The van der Waals surface area contributed by atoms with Crippen LogP contribution in [-0.4, -0.2) is 31.7 Å². The van der Waals surface area contributed by atoms with E-state index < -0.39 is 38.6 Å². The molecule has 0 aromatic heterocycles. The van der Waals surface area contributed by atoms with Crippen LogP contribution >= 0.6 is 11.6 Å². The first-order valence-corrected chi connectivity index (χ1v) is 11.7. The van der Waals surface area contributed by atoms with Crippen molar-refractivity contribution in [1.82, 2.24) is 0 Å². The third-order valence-electron chi connectivity index (χ3n) is 4.93. The zero-order valence-electron chi connectivity index (χ0n) is 16.6. The quantitative estimate of drug-likeness (QED) is 0.458. The third-order valence-corrected chi connectivity index (χ3v) is 7.31. The number of halogens is 4. The summed E-state index contributed by atoms with van der Waals surface area (Å²) in [6, 6.07) is 6.22. The fourth-order valence-corrected chi connectivity index (χ4v) is 5.97. The second-order valence-corrected chi connectivity index (χ2v) is 9.71. The number of carbonyl (C=O) groups is 1.